The van der Waals surface area contributed by atoms with E-state index in [4.69, 9.17) is 0 Å². The van der Waals surface area contributed by atoms with Gasteiger partial charge in [-0.05, 0) is 28.2 Å². The van der Waals surface area contributed by atoms with Crippen molar-refractivity contribution in [1.29, 1.82) is 0 Å². The van der Waals surface area contributed by atoms with E-state index in [1.165, 1.54) is 5.56 Å². The number of hydrogen-bond donors (Lipinski definition) is 0. The van der Waals surface area contributed by atoms with Crippen LogP contribution in [-0.4, -0.2) is 15.0 Å². The number of benzene rings is 1. The molecule has 0 fully saturated rings. The number of halogens is 1. The molecule has 0 saturated carbocycles. The second-order valence-corrected chi connectivity index (χ2v) is 3.79. The van der Waals surface area contributed by atoms with Gasteiger partial charge in [0, 0.05) is 0 Å². The van der Waals surface area contributed by atoms with Gasteiger partial charge in [0.1, 0.15) is 3.70 Å². The maximum atomic E-state index is 4.20. The van der Waals surface area contributed by atoms with Crippen LogP contribution in [0.25, 0.3) is 0 Å². The highest BCUT2D eigenvalue weighted by molar-refractivity contribution is 14.1. The zero-order valence-corrected chi connectivity index (χ0v) is 9.05. The second kappa shape index (κ2) is 3.87. The van der Waals surface area contributed by atoms with Crippen molar-refractivity contribution in [3.8, 4) is 0 Å². The van der Waals surface area contributed by atoms with Crippen molar-refractivity contribution in [2.75, 3.05) is 0 Å². The van der Waals surface area contributed by atoms with Crippen LogP contribution in [0.3, 0.4) is 0 Å². The summed E-state index contributed by atoms with van der Waals surface area (Å²) in [7, 11) is 0. The van der Waals surface area contributed by atoms with Crippen molar-refractivity contribution in [2.45, 2.75) is 6.54 Å². The number of rotatable bonds is 2. The fourth-order valence-electron chi connectivity index (χ4n) is 1.10. The standard InChI is InChI=1S/C9H8IN3/c10-9-6-11-13(12-9)7-8-4-2-1-3-5-8/h1-6H,7H2. The minimum Gasteiger partial charge on any atom is -0.179 e. The summed E-state index contributed by atoms with van der Waals surface area (Å²) >= 11 is 2.15. The number of hydrogen-bond acceptors (Lipinski definition) is 2. The maximum absolute atomic E-state index is 4.20. The molecule has 1 heterocycles. The molecule has 2 aromatic rings. The van der Waals surface area contributed by atoms with E-state index in [9.17, 15) is 0 Å². The second-order valence-electron chi connectivity index (χ2n) is 2.68. The van der Waals surface area contributed by atoms with Gasteiger partial charge < -0.3 is 0 Å². The molecule has 0 amide bonds. The molecule has 4 heteroatoms. The van der Waals surface area contributed by atoms with E-state index < -0.39 is 0 Å². The highest BCUT2D eigenvalue weighted by atomic mass is 127. The van der Waals surface area contributed by atoms with Gasteiger partial charge in [0.2, 0.25) is 0 Å². The zero-order chi connectivity index (χ0) is 9.10. The summed E-state index contributed by atoms with van der Waals surface area (Å²) in [5, 5.41) is 8.31. The molecule has 0 aliphatic heterocycles. The Balaban J connectivity index is 2.15. The van der Waals surface area contributed by atoms with Crippen molar-refractivity contribution >= 4 is 22.6 Å². The molecule has 13 heavy (non-hydrogen) atoms. The third-order valence-corrected chi connectivity index (χ3v) is 2.17. The monoisotopic (exact) mass is 285 g/mol. The molecule has 0 atom stereocenters. The molecular formula is C9H8IN3. The van der Waals surface area contributed by atoms with Crippen molar-refractivity contribution in [3.05, 3.63) is 45.8 Å². The van der Waals surface area contributed by atoms with E-state index in [0.29, 0.717) is 0 Å². The van der Waals surface area contributed by atoms with Gasteiger partial charge in [-0.25, -0.2) is 0 Å². The van der Waals surface area contributed by atoms with Gasteiger partial charge in [-0.2, -0.15) is 9.90 Å². The van der Waals surface area contributed by atoms with Gasteiger partial charge in [-0.15, -0.1) is 5.10 Å². The van der Waals surface area contributed by atoms with E-state index in [-0.39, 0.29) is 0 Å². The van der Waals surface area contributed by atoms with Crippen LogP contribution in [0.4, 0.5) is 0 Å². The van der Waals surface area contributed by atoms with Gasteiger partial charge >= 0.3 is 0 Å². The highest BCUT2D eigenvalue weighted by Crippen LogP contribution is 2.01. The molecule has 0 radical (unpaired) electrons. The Kier molecular flexibility index (Phi) is 2.58. The van der Waals surface area contributed by atoms with Crippen molar-refractivity contribution in [2.24, 2.45) is 0 Å². The summed E-state index contributed by atoms with van der Waals surface area (Å²) in [6.45, 7) is 0.740. The highest BCUT2D eigenvalue weighted by Gasteiger charge is 1.97. The Labute approximate surface area is 89.9 Å². The fraction of sp³-hybridized carbons (Fsp3) is 0.111. The third-order valence-electron chi connectivity index (χ3n) is 1.68. The minimum absolute atomic E-state index is 0.740. The molecule has 1 aromatic carbocycles. The van der Waals surface area contributed by atoms with Crippen LogP contribution in [0.1, 0.15) is 5.56 Å². The van der Waals surface area contributed by atoms with E-state index in [2.05, 4.69) is 44.9 Å². The molecule has 0 saturated heterocycles. The first-order valence-corrected chi connectivity index (χ1v) is 5.02. The summed E-state index contributed by atoms with van der Waals surface area (Å²) in [4.78, 5) is 1.69. The summed E-state index contributed by atoms with van der Waals surface area (Å²) < 4.78 is 0.925. The van der Waals surface area contributed by atoms with E-state index >= 15 is 0 Å². The van der Waals surface area contributed by atoms with Crippen LogP contribution in [0.15, 0.2) is 36.5 Å². The summed E-state index contributed by atoms with van der Waals surface area (Å²) in [5.74, 6) is 0. The quantitative estimate of drug-likeness (QED) is 0.789. The lowest BCUT2D eigenvalue weighted by Crippen LogP contribution is -2.03. The first-order valence-electron chi connectivity index (χ1n) is 3.94. The summed E-state index contributed by atoms with van der Waals surface area (Å²) in [6, 6.07) is 10.2. The van der Waals surface area contributed by atoms with Crippen molar-refractivity contribution in [3.63, 3.8) is 0 Å². The Morgan fingerprint density at radius 3 is 2.62 bits per heavy atom. The van der Waals surface area contributed by atoms with E-state index in [1.807, 2.05) is 18.2 Å². The van der Waals surface area contributed by atoms with Crippen LogP contribution in [-0.2, 0) is 6.54 Å². The van der Waals surface area contributed by atoms with Crippen LogP contribution >= 0.6 is 22.6 Å². The average molecular weight is 285 g/mol. The predicted molar refractivity (Wildman–Crippen MR) is 58.3 cm³/mol. The first kappa shape index (κ1) is 8.68. The van der Waals surface area contributed by atoms with Crippen molar-refractivity contribution in [1.82, 2.24) is 15.0 Å². The smallest absolute Gasteiger partial charge is 0.143 e. The fourth-order valence-corrected chi connectivity index (χ4v) is 1.47. The molecule has 1 aromatic heterocycles. The SMILES string of the molecule is Ic1cnn(Cc2ccccc2)n1. The van der Waals surface area contributed by atoms with Gasteiger partial charge in [-0.3, -0.25) is 0 Å². The molecule has 0 aliphatic rings. The zero-order valence-electron chi connectivity index (χ0n) is 6.89. The Morgan fingerprint density at radius 2 is 2.00 bits per heavy atom. The Bertz CT molecular complexity index is 383. The normalized spacial score (nSPS) is 10.2. The lowest BCUT2D eigenvalue weighted by Gasteiger charge is -1.98. The Hall–Kier alpha value is -0.910. The lowest BCUT2D eigenvalue weighted by atomic mass is 10.2. The number of nitrogens with zero attached hydrogens (tertiary/aromatic N) is 3. The van der Waals surface area contributed by atoms with E-state index in [0.717, 1.165) is 10.2 Å². The van der Waals surface area contributed by atoms with Gasteiger partial charge in [0.15, 0.2) is 0 Å². The van der Waals surface area contributed by atoms with E-state index in [1.54, 1.807) is 11.0 Å². The predicted octanol–water partition coefficient (Wildman–Crippen LogP) is 1.93. The molecule has 0 spiro atoms. The molecule has 2 rings (SSSR count). The van der Waals surface area contributed by atoms with Crippen LogP contribution in [0, 0.1) is 3.70 Å². The molecule has 0 bridgehead atoms. The summed E-state index contributed by atoms with van der Waals surface area (Å²) in [5.41, 5.74) is 1.22. The minimum atomic E-state index is 0.740. The Morgan fingerprint density at radius 1 is 1.23 bits per heavy atom. The molecule has 3 nitrogen and oxygen atoms in total. The maximum Gasteiger partial charge on any atom is 0.143 e. The number of aromatic nitrogens is 3. The molecular weight excluding hydrogens is 277 g/mol. The van der Waals surface area contributed by atoms with Crippen LogP contribution in [0.5, 0.6) is 0 Å². The van der Waals surface area contributed by atoms with Crippen LogP contribution < -0.4 is 0 Å². The van der Waals surface area contributed by atoms with Crippen LogP contribution in [0.2, 0.25) is 0 Å². The van der Waals surface area contributed by atoms with Crippen molar-refractivity contribution < 1.29 is 0 Å². The first-order chi connectivity index (χ1) is 6.34. The molecule has 0 aliphatic carbocycles. The summed E-state index contributed by atoms with van der Waals surface area (Å²) in [6.07, 6.45) is 1.75. The average Bonchev–Trinajstić information content (AvgIpc) is 2.53. The molecule has 66 valence electrons. The van der Waals surface area contributed by atoms with Gasteiger partial charge in [0.05, 0.1) is 12.7 Å². The largest absolute Gasteiger partial charge is 0.179 e. The van der Waals surface area contributed by atoms with Gasteiger partial charge in [0.25, 0.3) is 0 Å². The van der Waals surface area contributed by atoms with Gasteiger partial charge in [-0.1, -0.05) is 30.3 Å². The molecule has 0 N–H and O–H groups in total. The molecule has 0 unspecified atom stereocenters. The lowest BCUT2D eigenvalue weighted by molar-refractivity contribution is 0.588. The third kappa shape index (κ3) is 2.27. The topological polar surface area (TPSA) is 30.7 Å².